The van der Waals surface area contributed by atoms with Crippen molar-refractivity contribution >= 4 is 39.5 Å². The van der Waals surface area contributed by atoms with Crippen LogP contribution < -0.4 is 15.8 Å². The summed E-state index contributed by atoms with van der Waals surface area (Å²) >= 11 is 5.83. The van der Waals surface area contributed by atoms with Crippen molar-refractivity contribution in [1.29, 1.82) is 0 Å². The lowest BCUT2D eigenvalue weighted by Crippen LogP contribution is -2.44. The summed E-state index contributed by atoms with van der Waals surface area (Å²) in [6.45, 7) is 3.21. The lowest BCUT2D eigenvalue weighted by molar-refractivity contribution is -0.127. The minimum Gasteiger partial charge on any atom is -0.449 e. The maximum atomic E-state index is 12.0. The molecule has 1 atom stereocenters. The number of ether oxygens (including phenoxy) is 1. The number of hydrogen-bond donors (Lipinski definition) is 3. The van der Waals surface area contributed by atoms with E-state index < -0.39 is 34.0 Å². The maximum Gasteiger partial charge on any atom is 0.340 e. The van der Waals surface area contributed by atoms with Gasteiger partial charge in [-0.2, -0.15) is 0 Å². The molecule has 3 amide bonds. The highest BCUT2D eigenvalue weighted by molar-refractivity contribution is 7.89. The number of esters is 1. The molecule has 0 aliphatic heterocycles. The van der Waals surface area contributed by atoms with Crippen LogP contribution in [0.25, 0.3) is 0 Å². The maximum absolute atomic E-state index is 12.0. The van der Waals surface area contributed by atoms with Crippen LogP contribution in [0.1, 0.15) is 24.2 Å². The number of rotatable bonds is 5. The van der Waals surface area contributed by atoms with Gasteiger partial charge >= 0.3 is 12.0 Å². The van der Waals surface area contributed by atoms with Crippen LogP contribution in [-0.2, 0) is 19.6 Å². The number of imide groups is 1. The van der Waals surface area contributed by atoms with Crippen molar-refractivity contribution in [3.05, 3.63) is 28.8 Å². The van der Waals surface area contributed by atoms with Crippen molar-refractivity contribution in [3.63, 3.8) is 0 Å². The zero-order valence-electron chi connectivity index (χ0n) is 12.8. The Labute approximate surface area is 143 Å². The molecule has 1 rings (SSSR count). The number of carbonyl (C=O) groups excluding carboxylic acids is 3. The highest BCUT2D eigenvalue weighted by Crippen LogP contribution is 2.21. The zero-order chi connectivity index (χ0) is 18.5. The van der Waals surface area contributed by atoms with Gasteiger partial charge in [0.05, 0.1) is 15.5 Å². The molecule has 9 nitrogen and oxygen atoms in total. The molecule has 0 spiro atoms. The van der Waals surface area contributed by atoms with E-state index in [1.807, 2.05) is 5.32 Å². The Kier molecular flexibility index (Phi) is 6.70. The Balaban J connectivity index is 2.88. The van der Waals surface area contributed by atoms with Crippen molar-refractivity contribution in [2.24, 2.45) is 5.14 Å². The standard InChI is InChI=1S/C13H16ClN3O6S/c1-3-16-13(20)17-11(18)7(2)23-12(19)9-6-8(24(15,21)22)4-5-10(9)14/h4-7H,3H2,1-2H3,(H2,15,21,22)(H2,16,17,18,20). The van der Waals surface area contributed by atoms with Gasteiger partial charge in [0.25, 0.3) is 5.91 Å². The van der Waals surface area contributed by atoms with Crippen molar-refractivity contribution in [3.8, 4) is 0 Å². The Morgan fingerprint density at radius 2 is 1.96 bits per heavy atom. The lowest BCUT2D eigenvalue weighted by atomic mass is 10.2. The molecule has 0 aliphatic carbocycles. The molecule has 0 bridgehead atoms. The number of amides is 3. The molecule has 11 heteroatoms. The third-order valence-corrected chi connectivity index (χ3v) is 3.95. The Hall–Kier alpha value is -2.17. The fourth-order valence-electron chi connectivity index (χ4n) is 1.53. The molecule has 1 aromatic carbocycles. The normalized spacial score (nSPS) is 12.2. The van der Waals surface area contributed by atoms with Crippen molar-refractivity contribution in [2.75, 3.05) is 6.54 Å². The van der Waals surface area contributed by atoms with Gasteiger partial charge in [0.15, 0.2) is 6.10 Å². The van der Waals surface area contributed by atoms with E-state index in [0.29, 0.717) is 6.54 Å². The minimum absolute atomic E-state index is 0.0799. The number of nitrogens with one attached hydrogen (secondary N) is 2. The van der Waals surface area contributed by atoms with Gasteiger partial charge in [0.1, 0.15) is 0 Å². The monoisotopic (exact) mass is 377 g/mol. The molecule has 132 valence electrons. The second-order valence-corrected chi connectivity index (χ2v) is 6.55. The van der Waals surface area contributed by atoms with E-state index in [1.165, 1.54) is 6.92 Å². The highest BCUT2D eigenvalue weighted by atomic mass is 35.5. The van der Waals surface area contributed by atoms with Crippen LogP contribution in [0.15, 0.2) is 23.1 Å². The molecule has 0 aliphatic rings. The van der Waals surface area contributed by atoms with E-state index in [1.54, 1.807) is 6.92 Å². The molecule has 1 unspecified atom stereocenters. The van der Waals surface area contributed by atoms with E-state index in [0.717, 1.165) is 18.2 Å². The second kappa shape index (κ2) is 8.08. The van der Waals surface area contributed by atoms with Crippen LogP contribution in [0.4, 0.5) is 4.79 Å². The van der Waals surface area contributed by atoms with Crippen LogP contribution >= 0.6 is 11.6 Å². The average Bonchev–Trinajstić information content (AvgIpc) is 2.46. The number of urea groups is 1. The van der Waals surface area contributed by atoms with Gasteiger partial charge in [-0.3, -0.25) is 10.1 Å². The van der Waals surface area contributed by atoms with Gasteiger partial charge in [-0.25, -0.2) is 23.1 Å². The van der Waals surface area contributed by atoms with Crippen molar-refractivity contribution in [1.82, 2.24) is 10.6 Å². The third-order valence-electron chi connectivity index (χ3n) is 2.71. The molecule has 0 radical (unpaired) electrons. The summed E-state index contributed by atoms with van der Waals surface area (Å²) in [5, 5.41) is 9.21. The summed E-state index contributed by atoms with van der Waals surface area (Å²) in [6, 6.07) is 2.49. The van der Waals surface area contributed by atoms with Gasteiger partial charge < -0.3 is 10.1 Å². The second-order valence-electron chi connectivity index (χ2n) is 4.58. The first-order valence-corrected chi connectivity index (χ1v) is 8.60. The molecule has 0 saturated heterocycles. The zero-order valence-corrected chi connectivity index (χ0v) is 14.4. The number of carbonyl (C=O) groups is 3. The van der Waals surface area contributed by atoms with E-state index in [-0.39, 0.29) is 15.5 Å². The molecule has 4 N–H and O–H groups in total. The molecule has 24 heavy (non-hydrogen) atoms. The van der Waals surface area contributed by atoms with Crippen LogP contribution in [0.2, 0.25) is 5.02 Å². The first-order chi connectivity index (χ1) is 11.1. The molecule has 0 heterocycles. The van der Waals surface area contributed by atoms with Crippen molar-refractivity contribution < 1.29 is 27.5 Å². The summed E-state index contributed by atoms with van der Waals surface area (Å²) in [5.41, 5.74) is -0.277. The molecular formula is C13H16ClN3O6S. The van der Waals surface area contributed by atoms with Gasteiger partial charge in [-0.1, -0.05) is 11.6 Å². The van der Waals surface area contributed by atoms with Crippen LogP contribution in [0.5, 0.6) is 0 Å². The predicted molar refractivity (Wildman–Crippen MR) is 84.9 cm³/mol. The summed E-state index contributed by atoms with van der Waals surface area (Å²) < 4.78 is 27.5. The fourth-order valence-corrected chi connectivity index (χ4v) is 2.27. The molecule has 0 aromatic heterocycles. The van der Waals surface area contributed by atoms with Crippen LogP contribution in [0.3, 0.4) is 0 Å². The number of primary sulfonamides is 1. The SMILES string of the molecule is CCNC(=O)NC(=O)C(C)OC(=O)c1cc(S(N)(=O)=O)ccc1Cl. The molecular weight excluding hydrogens is 362 g/mol. The molecule has 1 aromatic rings. The molecule has 0 fully saturated rings. The minimum atomic E-state index is -4.04. The summed E-state index contributed by atoms with van der Waals surface area (Å²) in [4.78, 5) is 34.7. The lowest BCUT2D eigenvalue weighted by Gasteiger charge is -2.14. The molecule has 0 saturated carbocycles. The number of benzene rings is 1. The van der Waals surface area contributed by atoms with Gasteiger partial charge in [0.2, 0.25) is 10.0 Å². The predicted octanol–water partition coefficient (Wildman–Crippen LogP) is 0.378. The van der Waals surface area contributed by atoms with Gasteiger partial charge in [-0.05, 0) is 32.0 Å². The number of nitrogens with two attached hydrogens (primary N) is 1. The van der Waals surface area contributed by atoms with Crippen LogP contribution in [-0.4, -0.2) is 39.0 Å². The van der Waals surface area contributed by atoms with Gasteiger partial charge in [0, 0.05) is 6.54 Å². The van der Waals surface area contributed by atoms with E-state index in [4.69, 9.17) is 21.5 Å². The fraction of sp³-hybridized carbons (Fsp3) is 0.308. The summed E-state index contributed by atoms with van der Waals surface area (Å²) in [7, 11) is -4.04. The Morgan fingerprint density at radius 1 is 1.33 bits per heavy atom. The quantitative estimate of drug-likeness (QED) is 0.632. The van der Waals surface area contributed by atoms with Crippen LogP contribution in [0, 0.1) is 0 Å². The van der Waals surface area contributed by atoms with E-state index >= 15 is 0 Å². The number of hydrogen-bond acceptors (Lipinski definition) is 6. The Morgan fingerprint density at radius 3 is 2.50 bits per heavy atom. The number of halogens is 1. The van der Waals surface area contributed by atoms with Crippen molar-refractivity contribution in [2.45, 2.75) is 24.8 Å². The summed E-state index contributed by atoms with van der Waals surface area (Å²) in [6.07, 6.45) is -1.31. The summed E-state index contributed by atoms with van der Waals surface area (Å²) in [5.74, 6) is -1.89. The Bertz CT molecular complexity index is 765. The third kappa shape index (κ3) is 5.48. The smallest absolute Gasteiger partial charge is 0.340 e. The largest absolute Gasteiger partial charge is 0.449 e. The highest BCUT2D eigenvalue weighted by Gasteiger charge is 2.23. The first kappa shape index (κ1) is 19.9. The average molecular weight is 378 g/mol. The topological polar surface area (TPSA) is 145 Å². The van der Waals surface area contributed by atoms with Gasteiger partial charge in [-0.15, -0.1) is 0 Å². The van der Waals surface area contributed by atoms with E-state index in [9.17, 15) is 22.8 Å². The number of sulfonamides is 1. The van der Waals surface area contributed by atoms with E-state index in [2.05, 4.69) is 5.32 Å². The first-order valence-electron chi connectivity index (χ1n) is 6.68.